The maximum absolute atomic E-state index is 12.0. The predicted octanol–water partition coefficient (Wildman–Crippen LogP) is 2.75. The summed E-state index contributed by atoms with van der Waals surface area (Å²) in [6.07, 6.45) is 0. The smallest absolute Gasteiger partial charge is 0.349 e. The van der Waals surface area contributed by atoms with Crippen LogP contribution in [0.25, 0.3) is 11.4 Å². The molecule has 0 saturated heterocycles. The molecule has 0 unspecified atom stereocenters. The first-order chi connectivity index (χ1) is 13.7. The Hall–Kier alpha value is -3.39. The van der Waals surface area contributed by atoms with Crippen LogP contribution in [0.1, 0.15) is 19.4 Å². The van der Waals surface area contributed by atoms with Crippen molar-refractivity contribution >= 4 is 5.95 Å². The average Bonchev–Trinajstić information content (AvgIpc) is 2.70. The molecule has 3 rings (SSSR count). The molecule has 0 aliphatic rings. The molecule has 0 aliphatic heterocycles. The minimum atomic E-state index is -0.499. The van der Waals surface area contributed by atoms with Gasteiger partial charge >= 0.3 is 5.69 Å². The summed E-state index contributed by atoms with van der Waals surface area (Å²) in [6, 6.07) is 15.3. The number of aromatic nitrogens is 3. The summed E-state index contributed by atoms with van der Waals surface area (Å²) in [5.41, 5.74) is 7.16. The molecule has 1 aromatic heterocycles. The third-order valence-electron chi connectivity index (χ3n) is 3.80. The Morgan fingerprint density at radius 3 is 2.46 bits per heavy atom. The molecule has 8 heteroatoms. The number of rotatable bonds is 9. The minimum absolute atomic E-state index is 0.182. The van der Waals surface area contributed by atoms with Crippen molar-refractivity contribution in [2.24, 2.45) is 0 Å². The number of ether oxygens (including phenoxy) is 2. The number of benzene rings is 2. The molecule has 0 radical (unpaired) electrons. The van der Waals surface area contributed by atoms with Crippen molar-refractivity contribution in [3.05, 3.63) is 64.6 Å². The second kappa shape index (κ2) is 9.52. The lowest BCUT2D eigenvalue weighted by Gasteiger charge is -2.12. The van der Waals surface area contributed by atoms with E-state index in [1.807, 2.05) is 50.2 Å². The van der Waals surface area contributed by atoms with Crippen LogP contribution in [0.2, 0.25) is 0 Å². The van der Waals surface area contributed by atoms with Gasteiger partial charge in [0.05, 0.1) is 13.2 Å². The molecule has 2 aromatic carbocycles. The number of hydrogen-bond acceptors (Lipinski definition) is 7. The van der Waals surface area contributed by atoms with Gasteiger partial charge in [0.1, 0.15) is 5.82 Å². The molecule has 28 heavy (non-hydrogen) atoms. The quantitative estimate of drug-likeness (QED) is 0.490. The number of hydrazine groups is 1. The van der Waals surface area contributed by atoms with Gasteiger partial charge in [0.2, 0.25) is 5.95 Å². The zero-order valence-electron chi connectivity index (χ0n) is 15.9. The fourth-order valence-corrected chi connectivity index (χ4v) is 2.60. The topological polar surface area (TPSA) is 101 Å². The molecular formula is C20H23N5O3. The molecule has 0 aliphatic carbocycles. The van der Waals surface area contributed by atoms with Gasteiger partial charge in [0.25, 0.3) is 0 Å². The van der Waals surface area contributed by atoms with Crippen molar-refractivity contribution in [1.29, 1.82) is 0 Å². The molecule has 1 heterocycles. The highest BCUT2D eigenvalue weighted by Gasteiger charge is 2.11. The zero-order chi connectivity index (χ0) is 19.8. The van der Waals surface area contributed by atoms with Crippen LogP contribution in [0.4, 0.5) is 5.95 Å². The number of nitrogens with one attached hydrogen (secondary N) is 3. The molecule has 3 aromatic rings. The first kappa shape index (κ1) is 19.4. The van der Waals surface area contributed by atoms with Crippen molar-refractivity contribution in [3.8, 4) is 22.9 Å². The summed E-state index contributed by atoms with van der Waals surface area (Å²) in [4.78, 5) is 22.8. The van der Waals surface area contributed by atoms with Crippen molar-refractivity contribution < 1.29 is 9.47 Å². The fraction of sp³-hybridized carbons (Fsp3) is 0.250. The van der Waals surface area contributed by atoms with Crippen molar-refractivity contribution in [2.75, 3.05) is 18.6 Å². The molecule has 0 fully saturated rings. The van der Waals surface area contributed by atoms with Crippen LogP contribution in [-0.4, -0.2) is 28.2 Å². The summed E-state index contributed by atoms with van der Waals surface area (Å²) < 4.78 is 11.2. The fourth-order valence-electron chi connectivity index (χ4n) is 2.60. The van der Waals surface area contributed by atoms with E-state index < -0.39 is 5.69 Å². The van der Waals surface area contributed by atoms with Gasteiger partial charge in [-0.05, 0) is 37.6 Å². The Balaban J connectivity index is 1.78. The van der Waals surface area contributed by atoms with Crippen LogP contribution in [0, 0.1) is 0 Å². The number of hydrogen-bond donors (Lipinski definition) is 3. The van der Waals surface area contributed by atoms with Gasteiger partial charge in [-0.2, -0.15) is 9.97 Å². The molecular weight excluding hydrogens is 358 g/mol. The lowest BCUT2D eigenvalue weighted by Crippen LogP contribution is -2.25. The second-order valence-electron chi connectivity index (χ2n) is 5.82. The lowest BCUT2D eigenvalue weighted by atomic mass is 10.2. The third kappa shape index (κ3) is 5.08. The molecule has 0 atom stereocenters. The van der Waals surface area contributed by atoms with Gasteiger partial charge in [-0.1, -0.05) is 30.3 Å². The van der Waals surface area contributed by atoms with E-state index in [2.05, 4.69) is 25.8 Å². The van der Waals surface area contributed by atoms with Crippen LogP contribution >= 0.6 is 0 Å². The molecule has 0 bridgehead atoms. The Kier molecular flexibility index (Phi) is 6.59. The van der Waals surface area contributed by atoms with Crippen LogP contribution in [0.5, 0.6) is 11.5 Å². The van der Waals surface area contributed by atoms with Gasteiger partial charge < -0.3 is 9.47 Å². The highest BCUT2D eigenvalue weighted by molar-refractivity contribution is 5.61. The first-order valence-electron chi connectivity index (χ1n) is 9.10. The second-order valence-corrected chi connectivity index (χ2v) is 5.82. The van der Waals surface area contributed by atoms with Crippen LogP contribution in [0.3, 0.4) is 0 Å². The Labute approximate surface area is 162 Å². The monoisotopic (exact) mass is 381 g/mol. The third-order valence-corrected chi connectivity index (χ3v) is 3.80. The van der Waals surface area contributed by atoms with Gasteiger partial charge in [-0.25, -0.2) is 10.2 Å². The van der Waals surface area contributed by atoms with E-state index in [4.69, 9.17) is 9.47 Å². The molecule has 0 spiro atoms. The Morgan fingerprint density at radius 1 is 0.964 bits per heavy atom. The highest BCUT2D eigenvalue weighted by Crippen LogP contribution is 2.31. The molecule has 8 nitrogen and oxygen atoms in total. The normalized spacial score (nSPS) is 10.5. The maximum atomic E-state index is 12.0. The first-order valence-corrected chi connectivity index (χ1v) is 9.10. The van der Waals surface area contributed by atoms with E-state index in [1.165, 1.54) is 0 Å². The summed E-state index contributed by atoms with van der Waals surface area (Å²) in [5, 5.41) is 0. The maximum Gasteiger partial charge on any atom is 0.349 e. The molecule has 0 saturated carbocycles. The van der Waals surface area contributed by atoms with Gasteiger partial charge in [-0.3, -0.25) is 10.4 Å². The van der Waals surface area contributed by atoms with E-state index in [0.717, 1.165) is 5.56 Å². The summed E-state index contributed by atoms with van der Waals surface area (Å²) in [7, 11) is 0. The lowest BCUT2D eigenvalue weighted by molar-refractivity contribution is 0.288. The number of aromatic amines is 1. The summed E-state index contributed by atoms with van der Waals surface area (Å²) >= 11 is 0. The van der Waals surface area contributed by atoms with E-state index in [9.17, 15) is 4.79 Å². The highest BCUT2D eigenvalue weighted by atomic mass is 16.5. The van der Waals surface area contributed by atoms with Crippen molar-refractivity contribution in [1.82, 2.24) is 20.4 Å². The molecule has 3 N–H and O–H groups in total. The van der Waals surface area contributed by atoms with E-state index in [1.54, 1.807) is 12.1 Å². The number of anilines is 1. The van der Waals surface area contributed by atoms with Crippen molar-refractivity contribution in [3.63, 3.8) is 0 Å². The Morgan fingerprint density at radius 2 is 1.71 bits per heavy atom. The summed E-state index contributed by atoms with van der Waals surface area (Å²) in [6.45, 7) is 5.40. The van der Waals surface area contributed by atoms with Crippen LogP contribution < -0.4 is 26.0 Å². The molecule has 146 valence electrons. The SMILES string of the molecule is CCOc1ccc(-c2nc(NNCc3ccccc3)nc(=O)[nH]2)cc1OCC. The van der Waals surface area contributed by atoms with Crippen LogP contribution in [-0.2, 0) is 6.54 Å². The predicted molar refractivity (Wildman–Crippen MR) is 107 cm³/mol. The summed E-state index contributed by atoms with van der Waals surface area (Å²) in [5.74, 6) is 1.81. The number of nitrogens with zero attached hydrogens (tertiary/aromatic N) is 2. The number of H-pyrrole nitrogens is 1. The van der Waals surface area contributed by atoms with Gasteiger partial charge in [-0.15, -0.1) is 0 Å². The van der Waals surface area contributed by atoms with E-state index >= 15 is 0 Å². The van der Waals surface area contributed by atoms with Gasteiger partial charge in [0.15, 0.2) is 11.5 Å². The zero-order valence-corrected chi connectivity index (χ0v) is 15.9. The molecule has 0 amide bonds. The van der Waals surface area contributed by atoms with Crippen LogP contribution in [0.15, 0.2) is 53.3 Å². The average molecular weight is 381 g/mol. The van der Waals surface area contributed by atoms with Crippen molar-refractivity contribution in [2.45, 2.75) is 20.4 Å². The van der Waals surface area contributed by atoms with E-state index in [0.29, 0.717) is 42.6 Å². The Bertz CT molecular complexity index is 960. The minimum Gasteiger partial charge on any atom is -0.490 e. The van der Waals surface area contributed by atoms with E-state index in [-0.39, 0.29) is 5.95 Å². The largest absolute Gasteiger partial charge is 0.490 e. The standard InChI is InChI=1S/C20H23N5O3/c1-3-27-16-11-10-15(12-17(16)28-4-2)18-22-19(24-20(26)23-18)25-21-13-14-8-6-5-7-9-14/h5-12,21H,3-4,13H2,1-2H3,(H2,22,23,24,25,26). The van der Waals surface area contributed by atoms with Gasteiger partial charge in [0, 0.05) is 12.1 Å².